The van der Waals surface area contributed by atoms with Crippen molar-refractivity contribution in [3.05, 3.63) is 35.4 Å². The molecule has 1 aromatic carbocycles. The fourth-order valence-electron chi connectivity index (χ4n) is 3.84. The Balaban J connectivity index is 1.55. The fraction of sp³-hybridized carbons (Fsp3) is 0.600. The van der Waals surface area contributed by atoms with Gasteiger partial charge in [0, 0.05) is 12.1 Å². The van der Waals surface area contributed by atoms with Crippen molar-refractivity contribution in [3.8, 4) is 0 Å². The molecule has 0 aromatic heterocycles. The first-order chi connectivity index (χ1) is 12.7. The van der Waals surface area contributed by atoms with Crippen LogP contribution in [0.5, 0.6) is 0 Å². The standard InChI is InChI=1S/C20H30N4O2/c25-19(23-21-15-9-3-1-4-10-15)17-13-7-8-14-18(17)20(26)24-22-16-11-5-2-6-12-16/h7-8,13-16,21-22H,1-6,9-12H2,(H,23,25)(H,24,26). The molecule has 0 spiro atoms. The van der Waals surface area contributed by atoms with Gasteiger partial charge in [-0.25, -0.2) is 10.9 Å². The lowest BCUT2D eigenvalue weighted by molar-refractivity contribution is 0.0885. The van der Waals surface area contributed by atoms with Gasteiger partial charge in [0.25, 0.3) is 11.8 Å². The van der Waals surface area contributed by atoms with Gasteiger partial charge in [0.2, 0.25) is 0 Å². The molecule has 4 N–H and O–H groups in total. The van der Waals surface area contributed by atoms with Gasteiger partial charge < -0.3 is 0 Å². The molecule has 0 radical (unpaired) electrons. The Bertz CT molecular complexity index is 555. The summed E-state index contributed by atoms with van der Waals surface area (Å²) >= 11 is 0. The first-order valence-corrected chi connectivity index (χ1v) is 9.95. The molecular formula is C20H30N4O2. The Labute approximate surface area is 155 Å². The zero-order valence-corrected chi connectivity index (χ0v) is 15.4. The summed E-state index contributed by atoms with van der Waals surface area (Å²) in [4.78, 5) is 25.1. The third-order valence-electron chi connectivity index (χ3n) is 5.41. The lowest BCUT2D eigenvalue weighted by Crippen LogP contribution is -2.47. The van der Waals surface area contributed by atoms with Gasteiger partial charge in [0.1, 0.15) is 0 Å². The van der Waals surface area contributed by atoms with E-state index >= 15 is 0 Å². The largest absolute Gasteiger partial charge is 0.287 e. The van der Waals surface area contributed by atoms with Crippen LogP contribution in [-0.4, -0.2) is 23.9 Å². The van der Waals surface area contributed by atoms with Crippen LogP contribution in [0.1, 0.15) is 84.9 Å². The van der Waals surface area contributed by atoms with Gasteiger partial charge in [-0.05, 0) is 37.8 Å². The molecule has 2 amide bonds. The first kappa shape index (κ1) is 18.9. The summed E-state index contributed by atoms with van der Waals surface area (Å²) in [7, 11) is 0. The van der Waals surface area contributed by atoms with Gasteiger partial charge in [-0.2, -0.15) is 0 Å². The van der Waals surface area contributed by atoms with Crippen molar-refractivity contribution in [2.45, 2.75) is 76.3 Å². The van der Waals surface area contributed by atoms with E-state index in [1.807, 2.05) is 0 Å². The van der Waals surface area contributed by atoms with Crippen LogP contribution >= 0.6 is 0 Å². The molecule has 2 aliphatic carbocycles. The molecule has 1 aromatic rings. The van der Waals surface area contributed by atoms with Crippen molar-refractivity contribution in [3.63, 3.8) is 0 Å². The van der Waals surface area contributed by atoms with Crippen molar-refractivity contribution in [2.24, 2.45) is 0 Å². The van der Waals surface area contributed by atoms with Gasteiger partial charge in [-0.1, -0.05) is 50.7 Å². The van der Waals surface area contributed by atoms with E-state index in [1.165, 1.54) is 38.5 Å². The molecule has 3 rings (SSSR count). The number of nitrogens with one attached hydrogen (secondary N) is 4. The predicted octanol–water partition coefficient (Wildman–Crippen LogP) is 2.82. The van der Waals surface area contributed by atoms with Gasteiger partial charge in [-0.15, -0.1) is 0 Å². The van der Waals surface area contributed by atoms with Crippen molar-refractivity contribution >= 4 is 11.8 Å². The second-order valence-electron chi connectivity index (χ2n) is 7.41. The highest BCUT2D eigenvalue weighted by Crippen LogP contribution is 2.18. The Morgan fingerprint density at radius 1 is 0.654 bits per heavy atom. The number of carbonyl (C=O) groups is 2. The fourth-order valence-corrected chi connectivity index (χ4v) is 3.84. The summed E-state index contributed by atoms with van der Waals surface area (Å²) in [5, 5.41) is 0. The number of benzene rings is 1. The van der Waals surface area contributed by atoms with Crippen molar-refractivity contribution in [1.29, 1.82) is 0 Å². The lowest BCUT2D eigenvalue weighted by Gasteiger charge is -2.24. The minimum Gasteiger partial charge on any atom is -0.287 e. The second kappa shape index (κ2) is 9.69. The van der Waals surface area contributed by atoms with E-state index in [-0.39, 0.29) is 11.8 Å². The van der Waals surface area contributed by atoms with Crippen molar-refractivity contribution < 1.29 is 9.59 Å². The van der Waals surface area contributed by atoms with Gasteiger partial charge in [-0.3, -0.25) is 20.4 Å². The molecule has 142 valence electrons. The van der Waals surface area contributed by atoms with E-state index in [2.05, 4.69) is 21.7 Å². The topological polar surface area (TPSA) is 82.3 Å². The maximum absolute atomic E-state index is 12.5. The van der Waals surface area contributed by atoms with Crippen LogP contribution in [0.3, 0.4) is 0 Å². The van der Waals surface area contributed by atoms with E-state index < -0.39 is 0 Å². The number of carbonyl (C=O) groups excluding carboxylic acids is 2. The Hall–Kier alpha value is -1.92. The minimum atomic E-state index is -0.265. The molecule has 2 fully saturated rings. The van der Waals surface area contributed by atoms with E-state index in [4.69, 9.17) is 0 Å². The highest BCUT2D eigenvalue weighted by atomic mass is 16.2. The van der Waals surface area contributed by atoms with Crippen LogP contribution in [0.25, 0.3) is 0 Å². The average Bonchev–Trinajstić information content (AvgIpc) is 2.72. The molecule has 2 aliphatic rings. The highest BCUT2D eigenvalue weighted by molar-refractivity contribution is 6.06. The first-order valence-electron chi connectivity index (χ1n) is 9.95. The monoisotopic (exact) mass is 358 g/mol. The van der Waals surface area contributed by atoms with Crippen LogP contribution in [0.2, 0.25) is 0 Å². The van der Waals surface area contributed by atoms with Crippen molar-refractivity contribution in [2.75, 3.05) is 0 Å². The predicted molar refractivity (Wildman–Crippen MR) is 101 cm³/mol. The summed E-state index contributed by atoms with van der Waals surface area (Å²) in [6.45, 7) is 0. The van der Waals surface area contributed by atoms with E-state index in [0.29, 0.717) is 23.2 Å². The van der Waals surface area contributed by atoms with Crippen LogP contribution in [-0.2, 0) is 0 Å². The third-order valence-corrected chi connectivity index (χ3v) is 5.41. The number of hydrogen-bond acceptors (Lipinski definition) is 4. The maximum atomic E-state index is 12.5. The molecule has 0 unspecified atom stereocenters. The lowest BCUT2D eigenvalue weighted by atomic mass is 9.96. The summed E-state index contributed by atoms with van der Waals surface area (Å²) in [6, 6.07) is 7.58. The van der Waals surface area contributed by atoms with Crippen LogP contribution < -0.4 is 21.7 Å². The van der Waals surface area contributed by atoms with Gasteiger partial charge >= 0.3 is 0 Å². The molecule has 0 aliphatic heterocycles. The Morgan fingerprint density at radius 2 is 1.04 bits per heavy atom. The van der Waals surface area contributed by atoms with Crippen LogP contribution in [0.4, 0.5) is 0 Å². The number of hydrazine groups is 2. The molecule has 0 heterocycles. The van der Waals surface area contributed by atoms with Gasteiger partial charge in [0.15, 0.2) is 0 Å². The maximum Gasteiger partial charge on any atom is 0.266 e. The summed E-state index contributed by atoms with van der Waals surface area (Å²) < 4.78 is 0. The minimum absolute atomic E-state index is 0.265. The molecule has 0 saturated heterocycles. The number of hydrogen-bond donors (Lipinski definition) is 4. The van der Waals surface area contributed by atoms with Gasteiger partial charge in [0.05, 0.1) is 11.1 Å². The SMILES string of the molecule is O=C(NNC1CCCCC1)c1ccccc1C(=O)NNC1CCCCC1. The van der Waals surface area contributed by atoms with Crippen molar-refractivity contribution in [1.82, 2.24) is 21.7 Å². The number of amides is 2. The summed E-state index contributed by atoms with van der Waals surface area (Å²) in [5.41, 5.74) is 12.6. The molecule has 6 nitrogen and oxygen atoms in total. The van der Waals surface area contributed by atoms with E-state index in [9.17, 15) is 9.59 Å². The number of rotatable bonds is 6. The molecule has 26 heavy (non-hydrogen) atoms. The van der Waals surface area contributed by atoms with Crippen LogP contribution in [0.15, 0.2) is 24.3 Å². The normalized spacial score (nSPS) is 19.1. The third kappa shape index (κ3) is 5.29. The summed E-state index contributed by atoms with van der Waals surface area (Å²) in [5.74, 6) is -0.530. The average molecular weight is 358 g/mol. The molecule has 2 saturated carbocycles. The Kier molecular flexibility index (Phi) is 7.03. The molecule has 0 bridgehead atoms. The molecule has 6 heteroatoms. The quantitative estimate of drug-likeness (QED) is 0.590. The molecular weight excluding hydrogens is 328 g/mol. The Morgan fingerprint density at radius 3 is 1.42 bits per heavy atom. The zero-order valence-electron chi connectivity index (χ0n) is 15.4. The molecule has 0 atom stereocenters. The van der Waals surface area contributed by atoms with E-state index in [1.54, 1.807) is 24.3 Å². The smallest absolute Gasteiger partial charge is 0.266 e. The van der Waals surface area contributed by atoms with E-state index in [0.717, 1.165) is 25.7 Å². The highest BCUT2D eigenvalue weighted by Gasteiger charge is 2.20. The van der Waals surface area contributed by atoms with Crippen LogP contribution in [0, 0.1) is 0 Å². The second-order valence-corrected chi connectivity index (χ2v) is 7.41. The summed E-state index contributed by atoms with van der Waals surface area (Å²) in [6.07, 6.45) is 11.6. The zero-order chi connectivity index (χ0) is 18.2.